The Kier molecular flexibility index (Phi) is 50.9. The fourth-order valence-electron chi connectivity index (χ4n) is 9.28. The molecule has 0 aromatic carbocycles. The number of hydrogen-bond acceptors (Lipinski definition) is 8. The predicted octanol–water partition coefficient (Wildman–Crippen LogP) is 16.0. The molecule has 1 heterocycles. The average molecular weight is 1050 g/mol. The van der Waals surface area contributed by atoms with E-state index in [4.69, 9.17) is 9.47 Å². The molecule has 0 bridgehead atoms. The van der Waals surface area contributed by atoms with E-state index in [1.165, 1.54) is 154 Å². The highest BCUT2D eigenvalue weighted by atomic mass is 16.7. The zero-order chi connectivity index (χ0) is 54.3. The van der Waals surface area contributed by atoms with Crippen molar-refractivity contribution in [1.29, 1.82) is 0 Å². The number of hydrogen-bond donors (Lipinski definition) is 6. The molecule has 1 fully saturated rings. The number of amides is 1. The van der Waals surface area contributed by atoms with E-state index in [1.54, 1.807) is 6.08 Å². The van der Waals surface area contributed by atoms with Gasteiger partial charge in [0.25, 0.3) is 0 Å². The molecule has 75 heavy (non-hydrogen) atoms. The number of unbranched alkanes of at least 4 members (excludes halogenated alkanes) is 28. The van der Waals surface area contributed by atoms with Crippen LogP contribution in [0.3, 0.4) is 0 Å². The van der Waals surface area contributed by atoms with Gasteiger partial charge in [-0.15, -0.1) is 0 Å². The number of carbonyl (C=O) groups excluding carboxylic acids is 1. The lowest BCUT2D eigenvalue weighted by molar-refractivity contribution is -0.302. The molecule has 0 aromatic heterocycles. The van der Waals surface area contributed by atoms with Gasteiger partial charge in [-0.1, -0.05) is 259 Å². The molecule has 0 aliphatic carbocycles. The third-order valence-corrected chi connectivity index (χ3v) is 14.1. The number of nitrogens with one attached hydrogen (secondary N) is 1. The number of aliphatic hydroxyl groups excluding tert-OH is 5. The molecule has 7 unspecified atom stereocenters. The minimum absolute atomic E-state index is 0.191. The minimum Gasteiger partial charge on any atom is -0.394 e. The second-order valence-corrected chi connectivity index (χ2v) is 21.1. The SMILES string of the molecule is CC/C=C\C/C=C\C/C=C\C/C=C\C/C=C\CCCCCCCCCCCCCCCCCCCCCCCCCC(=O)NC(COC1OC(CO)C(O)C(O)C1O)C(O)/C=C/CC/C=C/CC/C=C/CCCCC. The molecular weight excluding hydrogens is 935 g/mol. The van der Waals surface area contributed by atoms with Gasteiger partial charge in [-0.2, -0.15) is 0 Å². The Morgan fingerprint density at radius 2 is 0.840 bits per heavy atom. The number of allylic oxidation sites excluding steroid dienone is 15. The van der Waals surface area contributed by atoms with Crippen LogP contribution in [0.1, 0.15) is 258 Å². The van der Waals surface area contributed by atoms with E-state index in [9.17, 15) is 30.3 Å². The molecule has 9 nitrogen and oxygen atoms in total. The molecule has 0 radical (unpaired) electrons. The van der Waals surface area contributed by atoms with Gasteiger partial charge in [0.15, 0.2) is 6.29 Å². The van der Waals surface area contributed by atoms with Crippen LogP contribution in [0, 0.1) is 0 Å². The van der Waals surface area contributed by atoms with Crippen molar-refractivity contribution in [1.82, 2.24) is 5.32 Å². The van der Waals surface area contributed by atoms with Gasteiger partial charge in [0, 0.05) is 6.42 Å². The summed E-state index contributed by atoms with van der Waals surface area (Å²) in [6.45, 7) is 3.61. The number of ether oxygens (including phenoxy) is 2. The van der Waals surface area contributed by atoms with Gasteiger partial charge in [-0.25, -0.2) is 0 Å². The van der Waals surface area contributed by atoms with E-state index >= 15 is 0 Å². The lowest BCUT2D eigenvalue weighted by Gasteiger charge is -2.40. The second kappa shape index (κ2) is 54.5. The van der Waals surface area contributed by atoms with Gasteiger partial charge in [0.2, 0.25) is 5.91 Å². The van der Waals surface area contributed by atoms with Crippen molar-refractivity contribution < 1.29 is 39.8 Å². The van der Waals surface area contributed by atoms with Crippen LogP contribution in [-0.2, 0) is 14.3 Å². The Hall–Kier alpha value is -2.89. The Morgan fingerprint density at radius 3 is 1.28 bits per heavy atom. The molecule has 1 rings (SSSR count). The zero-order valence-electron chi connectivity index (χ0n) is 48.0. The maximum atomic E-state index is 13.0. The fraction of sp³-hybridized carbons (Fsp3) is 0.742. The van der Waals surface area contributed by atoms with Crippen LogP contribution in [0.2, 0.25) is 0 Å². The van der Waals surface area contributed by atoms with Crippen molar-refractivity contribution in [2.75, 3.05) is 13.2 Å². The van der Waals surface area contributed by atoms with Crippen LogP contribution < -0.4 is 5.32 Å². The predicted molar refractivity (Wildman–Crippen MR) is 318 cm³/mol. The largest absolute Gasteiger partial charge is 0.394 e. The first kappa shape index (κ1) is 70.1. The first-order valence-corrected chi connectivity index (χ1v) is 31.0. The van der Waals surface area contributed by atoms with Crippen molar-refractivity contribution in [3.05, 3.63) is 97.2 Å². The Bertz CT molecular complexity index is 1500. The fourth-order valence-corrected chi connectivity index (χ4v) is 9.28. The molecule has 6 N–H and O–H groups in total. The highest BCUT2D eigenvalue weighted by Crippen LogP contribution is 2.23. The summed E-state index contributed by atoms with van der Waals surface area (Å²) in [5.41, 5.74) is 0. The van der Waals surface area contributed by atoms with Crippen molar-refractivity contribution in [3.63, 3.8) is 0 Å². The third kappa shape index (κ3) is 43.7. The van der Waals surface area contributed by atoms with Crippen LogP contribution in [0.25, 0.3) is 0 Å². The molecule has 1 aliphatic heterocycles. The van der Waals surface area contributed by atoms with Gasteiger partial charge in [-0.05, 0) is 89.9 Å². The highest BCUT2D eigenvalue weighted by Gasteiger charge is 2.44. The third-order valence-electron chi connectivity index (χ3n) is 14.1. The quantitative estimate of drug-likeness (QED) is 0.0261. The zero-order valence-corrected chi connectivity index (χ0v) is 48.0. The van der Waals surface area contributed by atoms with Gasteiger partial charge >= 0.3 is 0 Å². The van der Waals surface area contributed by atoms with Crippen LogP contribution in [0.15, 0.2) is 97.2 Å². The first-order chi connectivity index (χ1) is 36.8. The van der Waals surface area contributed by atoms with E-state index in [0.717, 1.165) is 83.5 Å². The smallest absolute Gasteiger partial charge is 0.220 e. The molecule has 0 saturated carbocycles. The van der Waals surface area contributed by atoms with Crippen molar-refractivity contribution in [3.8, 4) is 0 Å². The summed E-state index contributed by atoms with van der Waals surface area (Å²) in [6.07, 6.45) is 72.3. The highest BCUT2D eigenvalue weighted by molar-refractivity contribution is 5.76. The van der Waals surface area contributed by atoms with Gasteiger partial charge in [0.1, 0.15) is 24.4 Å². The Morgan fingerprint density at radius 1 is 0.467 bits per heavy atom. The minimum atomic E-state index is -1.58. The molecule has 1 aliphatic rings. The van der Waals surface area contributed by atoms with Crippen molar-refractivity contribution >= 4 is 5.91 Å². The summed E-state index contributed by atoms with van der Waals surface area (Å²) in [5.74, 6) is -0.191. The molecule has 1 saturated heterocycles. The van der Waals surface area contributed by atoms with Gasteiger partial charge in [-0.3, -0.25) is 4.79 Å². The first-order valence-electron chi connectivity index (χ1n) is 31.0. The normalized spacial score (nSPS) is 19.6. The molecule has 0 spiro atoms. The average Bonchev–Trinajstić information content (AvgIpc) is 3.41. The molecule has 7 atom stereocenters. The molecule has 432 valence electrons. The second-order valence-electron chi connectivity index (χ2n) is 21.1. The number of carbonyl (C=O) groups is 1. The van der Waals surface area contributed by atoms with E-state index in [2.05, 4.69) is 104 Å². The Balaban J connectivity index is 2.06. The summed E-state index contributed by atoms with van der Waals surface area (Å²) in [5, 5.41) is 54.4. The van der Waals surface area contributed by atoms with Crippen LogP contribution in [0.4, 0.5) is 0 Å². The maximum absolute atomic E-state index is 13.0. The lowest BCUT2D eigenvalue weighted by Crippen LogP contribution is -2.60. The number of aliphatic hydroxyl groups is 5. The monoisotopic (exact) mass is 1050 g/mol. The lowest BCUT2D eigenvalue weighted by atomic mass is 9.99. The van der Waals surface area contributed by atoms with Crippen LogP contribution >= 0.6 is 0 Å². The summed E-state index contributed by atoms with van der Waals surface area (Å²) in [4.78, 5) is 13.0. The van der Waals surface area contributed by atoms with Gasteiger partial charge in [0.05, 0.1) is 25.4 Å². The van der Waals surface area contributed by atoms with Gasteiger partial charge < -0.3 is 40.3 Å². The summed E-state index contributed by atoms with van der Waals surface area (Å²) < 4.78 is 11.2. The van der Waals surface area contributed by atoms with Crippen LogP contribution in [-0.4, -0.2) is 87.5 Å². The van der Waals surface area contributed by atoms with E-state index in [1.807, 2.05) is 6.08 Å². The summed E-state index contributed by atoms with van der Waals surface area (Å²) in [6, 6.07) is -0.830. The molecule has 9 heteroatoms. The standard InChI is InChI=1S/C66H115NO8/c1-3-5-7-9-11-13-15-17-18-19-20-21-22-23-24-25-26-27-28-29-30-31-32-33-34-35-36-37-38-39-40-41-42-44-46-48-50-52-54-56-62(70)67-59(58-74-66-65(73)64(72)63(71)61(57-68)75-66)60(69)55-53-51-49-47-45-43-16-14-12-10-8-6-4-2/h5,7,11-14,17-18,20-21,23-24,45,47,53,55,59-61,63-66,68-69,71-73H,3-4,6,8-10,15-16,19,22,25-44,46,48-52,54,56-58H2,1-2H3,(H,67,70)/b7-5-,13-11-,14-12+,18-17-,21-20-,24-23-,47-45+,55-53+. The summed E-state index contributed by atoms with van der Waals surface area (Å²) in [7, 11) is 0. The van der Waals surface area contributed by atoms with Crippen molar-refractivity contribution in [2.24, 2.45) is 0 Å². The van der Waals surface area contributed by atoms with Crippen molar-refractivity contribution in [2.45, 2.75) is 301 Å². The Labute approximate surface area is 460 Å². The van der Waals surface area contributed by atoms with E-state index in [-0.39, 0.29) is 12.5 Å². The van der Waals surface area contributed by atoms with E-state index < -0.39 is 49.5 Å². The topological polar surface area (TPSA) is 149 Å². The number of rotatable bonds is 52. The maximum Gasteiger partial charge on any atom is 0.220 e. The van der Waals surface area contributed by atoms with E-state index in [0.29, 0.717) is 6.42 Å². The molecular formula is C66H115NO8. The molecule has 0 aromatic rings. The summed E-state index contributed by atoms with van der Waals surface area (Å²) >= 11 is 0. The molecule has 1 amide bonds. The van der Waals surface area contributed by atoms with Crippen LogP contribution in [0.5, 0.6) is 0 Å².